The van der Waals surface area contributed by atoms with Gasteiger partial charge in [-0.05, 0) is 42.0 Å². The number of pyridine rings is 1. The van der Waals surface area contributed by atoms with E-state index < -0.39 is 21.8 Å². The van der Waals surface area contributed by atoms with E-state index in [1.165, 1.54) is 6.20 Å². The first-order chi connectivity index (χ1) is 13.0. The summed E-state index contributed by atoms with van der Waals surface area (Å²) < 4.78 is 42.5. The van der Waals surface area contributed by atoms with E-state index in [0.717, 1.165) is 24.3 Å². The monoisotopic (exact) mass is 379 g/mol. The van der Waals surface area contributed by atoms with E-state index in [-0.39, 0.29) is 10.6 Å². The van der Waals surface area contributed by atoms with E-state index in [0.29, 0.717) is 11.3 Å². The molecule has 0 bridgehead atoms. The largest absolute Gasteiger partial charge is 0.282 e. The van der Waals surface area contributed by atoms with Crippen LogP contribution in [0.3, 0.4) is 0 Å². The topological polar surface area (TPSA) is 83.2 Å². The number of nitriles is 1. The smallest absolute Gasteiger partial charge is 0.259 e. The Balaban J connectivity index is 2.17. The first-order valence-electron chi connectivity index (χ1n) is 7.97. The van der Waals surface area contributed by atoms with Crippen LogP contribution in [-0.2, 0) is 10.0 Å². The molecule has 0 aliphatic rings. The minimum Gasteiger partial charge on any atom is -0.259 e. The highest BCUT2D eigenvalue weighted by Crippen LogP contribution is 2.23. The standard InChI is InChI=1S/C20H14FN3O2S/c21-16-9-11-17(12-10-16)27(25,26)24-20(15-6-2-1-3-7-15)18(14-22)19-8-4-5-13-23-19/h1-13,18H/b24-20+. The Bertz CT molecular complexity index is 1090. The first kappa shape index (κ1) is 18.4. The van der Waals surface area contributed by atoms with Gasteiger partial charge < -0.3 is 0 Å². The fourth-order valence-electron chi connectivity index (χ4n) is 2.48. The van der Waals surface area contributed by atoms with E-state index in [4.69, 9.17) is 0 Å². The van der Waals surface area contributed by atoms with Crippen LogP contribution >= 0.6 is 0 Å². The molecular formula is C20H14FN3O2S. The summed E-state index contributed by atoms with van der Waals surface area (Å²) in [5.74, 6) is -1.53. The minimum atomic E-state index is -4.15. The lowest BCUT2D eigenvalue weighted by Gasteiger charge is -2.13. The summed E-state index contributed by atoms with van der Waals surface area (Å²) in [6, 6.07) is 20.1. The molecule has 1 aromatic heterocycles. The molecule has 0 saturated heterocycles. The Labute approximate surface area is 156 Å². The number of benzene rings is 2. The van der Waals surface area contributed by atoms with Gasteiger partial charge >= 0.3 is 0 Å². The third kappa shape index (κ3) is 4.25. The Morgan fingerprint density at radius 3 is 2.26 bits per heavy atom. The molecule has 3 rings (SSSR count). The van der Waals surface area contributed by atoms with Gasteiger partial charge in [0.2, 0.25) is 0 Å². The van der Waals surface area contributed by atoms with Gasteiger partial charge in [-0.15, -0.1) is 0 Å². The summed E-state index contributed by atoms with van der Waals surface area (Å²) in [6.45, 7) is 0. The molecule has 1 atom stereocenters. The average molecular weight is 379 g/mol. The van der Waals surface area contributed by atoms with Crippen molar-refractivity contribution in [3.05, 3.63) is 96.1 Å². The lowest BCUT2D eigenvalue weighted by Crippen LogP contribution is -2.16. The van der Waals surface area contributed by atoms with Crippen LogP contribution in [0.2, 0.25) is 0 Å². The molecule has 0 spiro atoms. The molecule has 0 fully saturated rings. The maximum atomic E-state index is 13.1. The summed E-state index contributed by atoms with van der Waals surface area (Å²) in [6.07, 6.45) is 1.52. The van der Waals surface area contributed by atoms with Gasteiger partial charge in [-0.25, -0.2) is 4.39 Å². The maximum Gasteiger partial charge on any atom is 0.282 e. The SMILES string of the molecule is N#CC(/C(=N/S(=O)(=O)c1ccc(F)cc1)c1ccccc1)c1ccccn1. The molecular weight excluding hydrogens is 365 g/mol. The van der Waals surface area contributed by atoms with E-state index >= 15 is 0 Å². The highest BCUT2D eigenvalue weighted by Gasteiger charge is 2.24. The average Bonchev–Trinajstić information content (AvgIpc) is 2.69. The van der Waals surface area contributed by atoms with Gasteiger partial charge in [0.05, 0.1) is 22.4 Å². The van der Waals surface area contributed by atoms with Crippen LogP contribution in [0.25, 0.3) is 0 Å². The predicted molar refractivity (Wildman–Crippen MR) is 99.2 cm³/mol. The number of rotatable bonds is 5. The van der Waals surface area contributed by atoms with E-state index in [1.54, 1.807) is 48.5 Å². The number of aromatic nitrogens is 1. The second-order valence-corrected chi connectivity index (χ2v) is 7.19. The van der Waals surface area contributed by atoms with Gasteiger partial charge in [0.15, 0.2) is 0 Å². The predicted octanol–water partition coefficient (Wildman–Crippen LogP) is 3.71. The Hall–Kier alpha value is -3.37. The molecule has 1 unspecified atom stereocenters. The van der Waals surface area contributed by atoms with Crippen molar-refractivity contribution < 1.29 is 12.8 Å². The van der Waals surface area contributed by atoms with Gasteiger partial charge in [0.1, 0.15) is 11.7 Å². The lowest BCUT2D eigenvalue weighted by atomic mass is 9.94. The van der Waals surface area contributed by atoms with Crippen molar-refractivity contribution in [3.8, 4) is 6.07 Å². The van der Waals surface area contributed by atoms with Crippen molar-refractivity contribution in [2.75, 3.05) is 0 Å². The van der Waals surface area contributed by atoms with Crippen molar-refractivity contribution in [3.63, 3.8) is 0 Å². The van der Waals surface area contributed by atoms with Crippen LogP contribution in [-0.4, -0.2) is 19.1 Å². The summed E-state index contributed by atoms with van der Waals surface area (Å²) in [5.41, 5.74) is 0.929. The third-order valence-electron chi connectivity index (χ3n) is 3.79. The molecule has 0 saturated carbocycles. The molecule has 0 radical (unpaired) electrons. The molecule has 0 N–H and O–H groups in total. The molecule has 2 aromatic carbocycles. The fourth-order valence-corrected chi connectivity index (χ4v) is 3.54. The number of halogens is 1. The summed E-state index contributed by atoms with van der Waals surface area (Å²) in [5, 5.41) is 9.70. The zero-order valence-corrected chi connectivity index (χ0v) is 14.8. The van der Waals surface area contributed by atoms with Crippen molar-refractivity contribution in [2.45, 2.75) is 10.8 Å². The highest BCUT2D eigenvalue weighted by atomic mass is 32.2. The minimum absolute atomic E-state index is 0.0566. The molecule has 27 heavy (non-hydrogen) atoms. The van der Waals surface area contributed by atoms with Crippen molar-refractivity contribution in [1.82, 2.24) is 4.98 Å². The third-order valence-corrected chi connectivity index (χ3v) is 5.09. The van der Waals surface area contributed by atoms with Gasteiger partial charge in [0, 0.05) is 6.20 Å². The molecule has 134 valence electrons. The summed E-state index contributed by atoms with van der Waals surface area (Å²) >= 11 is 0. The van der Waals surface area contributed by atoms with Crippen molar-refractivity contribution in [2.24, 2.45) is 4.40 Å². The molecule has 0 aliphatic heterocycles. The molecule has 0 aliphatic carbocycles. The number of hydrogen-bond acceptors (Lipinski definition) is 4. The van der Waals surface area contributed by atoms with E-state index in [9.17, 15) is 18.1 Å². The van der Waals surface area contributed by atoms with Crippen molar-refractivity contribution >= 4 is 15.7 Å². The number of nitrogens with zero attached hydrogens (tertiary/aromatic N) is 3. The van der Waals surface area contributed by atoms with Crippen LogP contribution in [0.15, 0.2) is 88.3 Å². The van der Waals surface area contributed by atoms with Crippen LogP contribution in [0.1, 0.15) is 17.2 Å². The van der Waals surface area contributed by atoms with Crippen LogP contribution < -0.4 is 0 Å². The zero-order valence-electron chi connectivity index (χ0n) is 14.0. The second kappa shape index (κ2) is 7.89. The highest BCUT2D eigenvalue weighted by molar-refractivity contribution is 7.90. The Morgan fingerprint density at radius 2 is 1.67 bits per heavy atom. The van der Waals surface area contributed by atoms with E-state index in [1.807, 2.05) is 0 Å². The van der Waals surface area contributed by atoms with E-state index in [2.05, 4.69) is 15.5 Å². The molecule has 0 amide bonds. The normalized spacial score (nSPS) is 13.0. The Kier molecular flexibility index (Phi) is 5.38. The van der Waals surface area contributed by atoms with Gasteiger partial charge in [-0.2, -0.15) is 18.1 Å². The lowest BCUT2D eigenvalue weighted by molar-refractivity contribution is 0.596. The number of sulfonamides is 1. The van der Waals surface area contributed by atoms with Crippen LogP contribution in [0.4, 0.5) is 4.39 Å². The second-order valence-electron chi connectivity index (χ2n) is 5.59. The Morgan fingerprint density at radius 1 is 1.00 bits per heavy atom. The fraction of sp³-hybridized carbons (Fsp3) is 0.0500. The van der Waals surface area contributed by atoms with Crippen LogP contribution in [0.5, 0.6) is 0 Å². The van der Waals surface area contributed by atoms with Crippen molar-refractivity contribution in [1.29, 1.82) is 5.26 Å². The summed E-state index contributed by atoms with van der Waals surface area (Å²) in [7, 11) is -4.15. The quantitative estimate of drug-likeness (QED) is 0.633. The molecule has 7 heteroatoms. The molecule has 5 nitrogen and oxygen atoms in total. The summed E-state index contributed by atoms with van der Waals surface area (Å²) in [4.78, 5) is 4.01. The van der Waals surface area contributed by atoms with Gasteiger partial charge in [0.25, 0.3) is 10.0 Å². The maximum absolute atomic E-state index is 13.1. The zero-order chi connectivity index (χ0) is 19.3. The van der Waals surface area contributed by atoms with Crippen LogP contribution in [0, 0.1) is 17.1 Å². The van der Waals surface area contributed by atoms with Gasteiger partial charge in [-0.3, -0.25) is 4.98 Å². The number of hydrogen-bond donors (Lipinski definition) is 0. The first-order valence-corrected chi connectivity index (χ1v) is 9.41. The van der Waals surface area contributed by atoms with Gasteiger partial charge in [-0.1, -0.05) is 36.4 Å². The molecule has 1 heterocycles. The molecule has 3 aromatic rings.